The van der Waals surface area contributed by atoms with Crippen molar-refractivity contribution in [2.45, 2.75) is 44.2 Å². The second-order valence-corrected chi connectivity index (χ2v) is 10.1. The summed E-state index contributed by atoms with van der Waals surface area (Å²) >= 11 is 12.3. The van der Waals surface area contributed by atoms with Gasteiger partial charge in [0.1, 0.15) is 5.82 Å². The van der Waals surface area contributed by atoms with E-state index >= 15 is 4.39 Å². The number of hydrogen-bond acceptors (Lipinski definition) is 4. The third kappa shape index (κ3) is 5.80. The van der Waals surface area contributed by atoms with Crippen molar-refractivity contribution >= 4 is 40.7 Å². The molecule has 9 heteroatoms. The number of anilines is 1. The number of aliphatic hydroxyl groups is 1. The third-order valence-corrected chi connectivity index (χ3v) is 7.37. The van der Waals surface area contributed by atoms with Gasteiger partial charge in [0.2, 0.25) is 11.8 Å². The van der Waals surface area contributed by atoms with Crippen LogP contribution in [0.4, 0.5) is 10.1 Å². The number of nitrogens with one attached hydrogen (secondary N) is 1. The number of halogens is 3. The highest BCUT2D eigenvalue weighted by Crippen LogP contribution is 2.42. The van der Waals surface area contributed by atoms with Crippen LogP contribution < -0.4 is 5.32 Å². The maximum atomic E-state index is 15.4. The molecule has 1 saturated heterocycles. The first-order valence-corrected chi connectivity index (χ1v) is 12.7. The van der Waals surface area contributed by atoms with Crippen LogP contribution in [0, 0.1) is 11.7 Å². The molecule has 2 aromatic carbocycles. The molecule has 6 nitrogen and oxygen atoms in total. The normalized spacial score (nSPS) is 22.3. The summed E-state index contributed by atoms with van der Waals surface area (Å²) in [6.45, 7) is 3.07. The molecule has 1 saturated carbocycles. The number of amides is 2. The second kappa shape index (κ2) is 11.2. The van der Waals surface area contributed by atoms with E-state index in [1.165, 1.54) is 6.07 Å². The summed E-state index contributed by atoms with van der Waals surface area (Å²) < 4.78 is 15.4. The summed E-state index contributed by atoms with van der Waals surface area (Å²) in [5.74, 6) is -1.26. The third-order valence-electron chi connectivity index (χ3n) is 6.85. The lowest BCUT2D eigenvalue weighted by molar-refractivity contribution is -0.134. The Morgan fingerprint density at radius 3 is 2.60 bits per heavy atom. The average molecular weight is 522 g/mol. The van der Waals surface area contributed by atoms with Gasteiger partial charge >= 0.3 is 0 Å². The van der Waals surface area contributed by atoms with E-state index in [0.29, 0.717) is 41.8 Å². The van der Waals surface area contributed by atoms with E-state index in [0.717, 1.165) is 12.8 Å². The smallest absolute Gasteiger partial charge is 0.242 e. The van der Waals surface area contributed by atoms with Crippen molar-refractivity contribution in [2.24, 2.45) is 5.92 Å². The highest BCUT2D eigenvalue weighted by atomic mass is 35.5. The molecular formula is C26H30Cl2FN3O3. The number of nitrogens with zero attached hydrogens (tertiary/aromatic N) is 2. The number of carbonyl (C=O) groups excluding carboxylic acids is 2. The van der Waals surface area contributed by atoms with Crippen molar-refractivity contribution in [1.29, 1.82) is 0 Å². The molecule has 1 aliphatic carbocycles. The fourth-order valence-electron chi connectivity index (χ4n) is 5.12. The predicted molar refractivity (Wildman–Crippen MR) is 135 cm³/mol. The van der Waals surface area contributed by atoms with Crippen LogP contribution in [0.3, 0.4) is 0 Å². The van der Waals surface area contributed by atoms with Crippen molar-refractivity contribution in [3.63, 3.8) is 0 Å². The Morgan fingerprint density at radius 2 is 1.94 bits per heavy atom. The monoisotopic (exact) mass is 521 g/mol. The van der Waals surface area contributed by atoms with Crippen molar-refractivity contribution in [3.05, 3.63) is 63.9 Å². The number of benzene rings is 2. The van der Waals surface area contributed by atoms with Gasteiger partial charge in [-0.1, -0.05) is 41.4 Å². The molecule has 0 bridgehead atoms. The first kappa shape index (κ1) is 25.9. The van der Waals surface area contributed by atoms with Gasteiger partial charge in [-0.25, -0.2) is 4.39 Å². The van der Waals surface area contributed by atoms with Gasteiger partial charge in [-0.15, -0.1) is 0 Å². The minimum atomic E-state index is -0.719. The summed E-state index contributed by atoms with van der Waals surface area (Å²) in [5, 5.41) is 12.8. The molecule has 0 aromatic heterocycles. The summed E-state index contributed by atoms with van der Waals surface area (Å²) in [6, 6.07) is 10.5. The topological polar surface area (TPSA) is 72.9 Å². The molecule has 35 heavy (non-hydrogen) atoms. The Bertz CT molecular complexity index is 1080. The van der Waals surface area contributed by atoms with Gasteiger partial charge in [0.05, 0.1) is 23.7 Å². The Labute approximate surface area is 215 Å². The van der Waals surface area contributed by atoms with Gasteiger partial charge < -0.3 is 15.3 Å². The minimum Gasteiger partial charge on any atom is -0.396 e. The molecule has 2 amide bonds. The maximum absolute atomic E-state index is 15.4. The molecular weight excluding hydrogens is 492 g/mol. The van der Waals surface area contributed by atoms with Gasteiger partial charge in [-0.2, -0.15) is 0 Å². The van der Waals surface area contributed by atoms with Crippen LogP contribution in [-0.2, 0) is 9.59 Å². The van der Waals surface area contributed by atoms with E-state index in [-0.39, 0.29) is 29.9 Å². The number of aliphatic hydroxyl groups excluding tert-OH is 1. The largest absolute Gasteiger partial charge is 0.396 e. The van der Waals surface area contributed by atoms with Crippen LogP contribution in [0.1, 0.15) is 37.7 Å². The molecule has 188 valence electrons. The fourth-order valence-corrected chi connectivity index (χ4v) is 5.49. The zero-order valence-electron chi connectivity index (χ0n) is 19.6. The van der Waals surface area contributed by atoms with Crippen molar-refractivity contribution < 1.29 is 19.1 Å². The molecule has 2 fully saturated rings. The fraction of sp³-hybridized carbons (Fsp3) is 0.462. The van der Waals surface area contributed by atoms with Gasteiger partial charge in [-0.3, -0.25) is 14.5 Å². The zero-order valence-corrected chi connectivity index (χ0v) is 21.1. The van der Waals surface area contributed by atoms with Gasteiger partial charge in [0.25, 0.3) is 0 Å². The van der Waals surface area contributed by atoms with Crippen LogP contribution in [-0.4, -0.2) is 65.0 Å². The SMILES string of the molecule is CCN(C(=O)CCO)C1CN(CC2CC2)C(C(=O)Nc2cccc(Cl)c2)C1c1cccc(Cl)c1F. The lowest BCUT2D eigenvalue weighted by atomic mass is 9.86. The van der Waals surface area contributed by atoms with Gasteiger partial charge in [-0.05, 0) is 55.5 Å². The average Bonchev–Trinajstić information content (AvgIpc) is 3.56. The summed E-state index contributed by atoms with van der Waals surface area (Å²) in [7, 11) is 0. The molecule has 2 N–H and O–H groups in total. The first-order valence-electron chi connectivity index (χ1n) is 12.0. The Balaban J connectivity index is 1.77. The van der Waals surface area contributed by atoms with Crippen LogP contribution in [0.25, 0.3) is 0 Å². The van der Waals surface area contributed by atoms with E-state index in [2.05, 4.69) is 10.2 Å². The number of rotatable bonds is 9. The van der Waals surface area contributed by atoms with E-state index in [1.54, 1.807) is 41.3 Å². The summed E-state index contributed by atoms with van der Waals surface area (Å²) in [5.41, 5.74) is 0.855. The van der Waals surface area contributed by atoms with Crippen LogP contribution in [0.2, 0.25) is 10.0 Å². The molecule has 1 heterocycles. The number of likely N-dealkylation sites (N-methyl/N-ethyl adjacent to an activating group) is 1. The predicted octanol–water partition coefficient (Wildman–Crippen LogP) is 4.55. The lowest BCUT2D eigenvalue weighted by Crippen LogP contribution is -2.46. The maximum Gasteiger partial charge on any atom is 0.242 e. The number of hydrogen-bond donors (Lipinski definition) is 2. The van der Waals surface area contributed by atoms with Crippen molar-refractivity contribution in [2.75, 3.05) is 31.6 Å². The quantitative estimate of drug-likeness (QED) is 0.507. The van der Waals surface area contributed by atoms with Crippen molar-refractivity contribution in [3.8, 4) is 0 Å². The highest BCUT2D eigenvalue weighted by molar-refractivity contribution is 6.31. The first-order chi connectivity index (χ1) is 16.8. The molecule has 2 aromatic rings. The molecule has 0 spiro atoms. The Kier molecular flexibility index (Phi) is 8.32. The summed E-state index contributed by atoms with van der Waals surface area (Å²) in [4.78, 5) is 30.5. The Morgan fingerprint density at radius 1 is 1.20 bits per heavy atom. The summed E-state index contributed by atoms with van der Waals surface area (Å²) in [6.07, 6.45) is 2.14. The van der Waals surface area contributed by atoms with E-state index in [9.17, 15) is 14.7 Å². The van der Waals surface area contributed by atoms with Crippen molar-refractivity contribution in [1.82, 2.24) is 9.80 Å². The van der Waals surface area contributed by atoms with Crippen LogP contribution >= 0.6 is 23.2 Å². The standard InChI is InChI=1S/C26H30Cl2FN3O3/c1-2-32(22(34)11-12-33)21-15-31(14-16-9-10-16)25(23(21)19-7-4-8-20(28)24(19)29)26(35)30-18-6-3-5-17(27)13-18/h3-8,13,16,21,23,25,33H,2,9-12,14-15H2,1H3,(H,30,35). The second-order valence-electron chi connectivity index (χ2n) is 9.23. The van der Waals surface area contributed by atoms with E-state index < -0.39 is 23.8 Å². The Hall–Kier alpha value is -2.19. The number of carbonyl (C=O) groups is 2. The number of likely N-dealkylation sites (tertiary alicyclic amines) is 1. The zero-order chi connectivity index (χ0) is 25.1. The molecule has 2 aliphatic rings. The minimum absolute atomic E-state index is 0.0272. The molecule has 4 rings (SSSR count). The lowest BCUT2D eigenvalue weighted by Gasteiger charge is -2.33. The molecule has 3 atom stereocenters. The molecule has 0 radical (unpaired) electrons. The molecule has 3 unspecified atom stereocenters. The highest BCUT2D eigenvalue weighted by Gasteiger charge is 2.51. The van der Waals surface area contributed by atoms with Crippen LogP contribution in [0.5, 0.6) is 0 Å². The van der Waals surface area contributed by atoms with E-state index in [4.69, 9.17) is 23.2 Å². The molecule has 1 aliphatic heterocycles. The van der Waals surface area contributed by atoms with Gasteiger partial charge in [0.15, 0.2) is 0 Å². The van der Waals surface area contributed by atoms with Crippen LogP contribution in [0.15, 0.2) is 42.5 Å². The van der Waals surface area contributed by atoms with E-state index in [1.807, 2.05) is 6.92 Å². The van der Waals surface area contributed by atoms with Gasteiger partial charge in [0, 0.05) is 42.7 Å².